The smallest absolute Gasteiger partial charge is 0.222 e. The Labute approximate surface area is 166 Å². The molecule has 0 saturated carbocycles. The molecule has 1 heterocycles. The molecule has 2 aromatic rings. The Morgan fingerprint density at radius 2 is 1.81 bits per heavy atom. The molecule has 1 aliphatic rings. The number of benzene rings is 2. The van der Waals surface area contributed by atoms with E-state index in [2.05, 4.69) is 11.0 Å². The van der Waals surface area contributed by atoms with Gasteiger partial charge < -0.3 is 4.90 Å². The van der Waals surface area contributed by atoms with Crippen LogP contribution in [0, 0.1) is 11.3 Å². The molecule has 0 aliphatic carbocycles. The Morgan fingerprint density at radius 3 is 2.56 bits per heavy atom. The van der Waals surface area contributed by atoms with Crippen LogP contribution in [0.4, 0.5) is 0 Å². The first-order valence-corrected chi connectivity index (χ1v) is 9.76. The molecule has 0 spiro atoms. The SMILES string of the molecule is N#Cc1ccc(CN2CCCN(C(=O)CCc3ccccc3Cl)CC2)cc1. The third-order valence-electron chi connectivity index (χ3n) is 5.00. The molecule has 0 atom stereocenters. The van der Waals surface area contributed by atoms with E-state index in [9.17, 15) is 4.79 Å². The minimum Gasteiger partial charge on any atom is -0.341 e. The van der Waals surface area contributed by atoms with Gasteiger partial charge in [0.1, 0.15) is 0 Å². The van der Waals surface area contributed by atoms with Gasteiger partial charge in [-0.1, -0.05) is 41.9 Å². The van der Waals surface area contributed by atoms with E-state index in [4.69, 9.17) is 16.9 Å². The van der Waals surface area contributed by atoms with Crippen LogP contribution in [-0.4, -0.2) is 41.9 Å². The zero-order valence-electron chi connectivity index (χ0n) is 15.4. The fourth-order valence-electron chi connectivity index (χ4n) is 3.42. The summed E-state index contributed by atoms with van der Waals surface area (Å²) in [5.74, 6) is 0.204. The first-order chi connectivity index (χ1) is 13.2. The van der Waals surface area contributed by atoms with E-state index in [-0.39, 0.29) is 5.91 Å². The van der Waals surface area contributed by atoms with Gasteiger partial charge in [0.05, 0.1) is 11.6 Å². The Bertz CT molecular complexity index is 813. The molecular weight excluding hydrogens is 358 g/mol. The second-order valence-electron chi connectivity index (χ2n) is 6.91. The molecule has 4 nitrogen and oxygen atoms in total. The fraction of sp³-hybridized carbons (Fsp3) is 0.364. The van der Waals surface area contributed by atoms with Crippen LogP contribution >= 0.6 is 11.6 Å². The first kappa shape index (κ1) is 19.4. The number of hydrogen-bond donors (Lipinski definition) is 0. The second kappa shape index (κ2) is 9.55. The van der Waals surface area contributed by atoms with E-state index in [1.54, 1.807) is 0 Å². The predicted octanol–water partition coefficient (Wildman–Crippen LogP) is 3.88. The van der Waals surface area contributed by atoms with Crippen molar-refractivity contribution in [1.29, 1.82) is 5.26 Å². The average Bonchev–Trinajstić information content (AvgIpc) is 2.93. The lowest BCUT2D eigenvalue weighted by atomic mass is 10.1. The highest BCUT2D eigenvalue weighted by Gasteiger charge is 2.19. The van der Waals surface area contributed by atoms with Crippen molar-refractivity contribution >= 4 is 17.5 Å². The first-order valence-electron chi connectivity index (χ1n) is 9.38. The topological polar surface area (TPSA) is 47.3 Å². The largest absolute Gasteiger partial charge is 0.341 e. The summed E-state index contributed by atoms with van der Waals surface area (Å²) in [5, 5.41) is 9.63. The number of nitriles is 1. The Kier molecular flexibility index (Phi) is 6.86. The quantitative estimate of drug-likeness (QED) is 0.789. The summed E-state index contributed by atoms with van der Waals surface area (Å²) in [6, 6.07) is 17.6. The molecule has 1 amide bonds. The lowest BCUT2D eigenvalue weighted by Gasteiger charge is -2.22. The van der Waals surface area contributed by atoms with Crippen molar-refractivity contribution in [3.8, 4) is 6.07 Å². The van der Waals surface area contributed by atoms with Crippen LogP contribution in [0.25, 0.3) is 0 Å². The van der Waals surface area contributed by atoms with E-state index in [0.29, 0.717) is 18.4 Å². The van der Waals surface area contributed by atoms with E-state index >= 15 is 0 Å². The molecule has 140 valence electrons. The van der Waals surface area contributed by atoms with Gasteiger partial charge in [0.25, 0.3) is 0 Å². The van der Waals surface area contributed by atoms with E-state index in [1.165, 1.54) is 5.56 Å². The lowest BCUT2D eigenvalue weighted by Crippen LogP contribution is -2.35. The summed E-state index contributed by atoms with van der Waals surface area (Å²) in [6.07, 6.45) is 2.16. The van der Waals surface area contributed by atoms with Crippen molar-refractivity contribution in [3.63, 3.8) is 0 Å². The van der Waals surface area contributed by atoms with Crippen molar-refractivity contribution in [1.82, 2.24) is 9.80 Å². The third-order valence-corrected chi connectivity index (χ3v) is 5.37. The number of hydrogen-bond acceptors (Lipinski definition) is 3. The maximum atomic E-state index is 12.6. The van der Waals surface area contributed by atoms with E-state index < -0.39 is 0 Å². The molecular formula is C22H24ClN3O. The number of nitrogens with zero attached hydrogens (tertiary/aromatic N) is 3. The van der Waals surface area contributed by atoms with Gasteiger partial charge in [-0.2, -0.15) is 5.26 Å². The Balaban J connectivity index is 1.49. The Morgan fingerprint density at radius 1 is 1.04 bits per heavy atom. The molecule has 1 aliphatic heterocycles. The number of amides is 1. The highest BCUT2D eigenvalue weighted by molar-refractivity contribution is 6.31. The van der Waals surface area contributed by atoms with Crippen LogP contribution in [0.3, 0.4) is 0 Å². The van der Waals surface area contributed by atoms with Crippen molar-refractivity contribution in [2.24, 2.45) is 0 Å². The molecule has 5 heteroatoms. The molecule has 3 rings (SSSR count). The van der Waals surface area contributed by atoms with Gasteiger partial charge in [0.2, 0.25) is 5.91 Å². The number of carbonyl (C=O) groups is 1. The third kappa shape index (κ3) is 5.56. The van der Waals surface area contributed by atoms with Crippen LogP contribution in [0.2, 0.25) is 5.02 Å². The molecule has 0 aromatic heterocycles. The molecule has 1 saturated heterocycles. The van der Waals surface area contributed by atoms with Crippen LogP contribution < -0.4 is 0 Å². The minimum atomic E-state index is 0.204. The average molecular weight is 382 g/mol. The normalized spacial score (nSPS) is 15.2. The van der Waals surface area contributed by atoms with Crippen LogP contribution in [0.5, 0.6) is 0 Å². The number of aryl methyl sites for hydroxylation is 1. The minimum absolute atomic E-state index is 0.204. The molecule has 0 bridgehead atoms. The highest BCUT2D eigenvalue weighted by atomic mass is 35.5. The molecule has 0 N–H and O–H groups in total. The van der Waals surface area contributed by atoms with Gasteiger partial charge in [-0.15, -0.1) is 0 Å². The maximum absolute atomic E-state index is 12.6. The molecule has 0 unspecified atom stereocenters. The molecule has 0 radical (unpaired) electrons. The van der Waals surface area contributed by atoms with Crippen molar-refractivity contribution in [3.05, 3.63) is 70.2 Å². The summed E-state index contributed by atoms with van der Waals surface area (Å²) in [5.41, 5.74) is 2.92. The number of halogens is 1. The molecule has 1 fully saturated rings. The van der Waals surface area contributed by atoms with Crippen molar-refractivity contribution < 1.29 is 4.79 Å². The summed E-state index contributed by atoms with van der Waals surface area (Å²) in [6.45, 7) is 4.28. The second-order valence-corrected chi connectivity index (χ2v) is 7.32. The van der Waals surface area contributed by atoms with E-state index in [1.807, 2.05) is 53.4 Å². The fourth-order valence-corrected chi connectivity index (χ4v) is 3.65. The van der Waals surface area contributed by atoms with Gasteiger partial charge in [0, 0.05) is 44.2 Å². The lowest BCUT2D eigenvalue weighted by molar-refractivity contribution is -0.131. The summed E-state index contributed by atoms with van der Waals surface area (Å²) in [4.78, 5) is 17.0. The van der Waals surface area contributed by atoms with Gasteiger partial charge in [0.15, 0.2) is 0 Å². The maximum Gasteiger partial charge on any atom is 0.222 e. The molecule has 2 aromatic carbocycles. The zero-order valence-corrected chi connectivity index (χ0v) is 16.2. The summed E-state index contributed by atoms with van der Waals surface area (Å²) in [7, 11) is 0. The summed E-state index contributed by atoms with van der Waals surface area (Å²) >= 11 is 6.19. The van der Waals surface area contributed by atoms with Gasteiger partial charge in [-0.25, -0.2) is 0 Å². The van der Waals surface area contributed by atoms with Gasteiger partial charge >= 0.3 is 0 Å². The van der Waals surface area contributed by atoms with Gasteiger partial charge in [-0.3, -0.25) is 9.69 Å². The van der Waals surface area contributed by atoms with Crippen molar-refractivity contribution in [2.75, 3.05) is 26.2 Å². The van der Waals surface area contributed by atoms with Gasteiger partial charge in [-0.05, 0) is 42.2 Å². The highest BCUT2D eigenvalue weighted by Crippen LogP contribution is 2.17. The van der Waals surface area contributed by atoms with Crippen LogP contribution in [0.15, 0.2) is 48.5 Å². The predicted molar refractivity (Wildman–Crippen MR) is 107 cm³/mol. The van der Waals surface area contributed by atoms with Crippen molar-refractivity contribution in [2.45, 2.75) is 25.8 Å². The van der Waals surface area contributed by atoms with Crippen LogP contribution in [-0.2, 0) is 17.8 Å². The Hall–Kier alpha value is -2.35. The summed E-state index contributed by atoms with van der Waals surface area (Å²) < 4.78 is 0. The van der Waals surface area contributed by atoms with Crippen LogP contribution in [0.1, 0.15) is 29.5 Å². The zero-order chi connectivity index (χ0) is 19.1. The van der Waals surface area contributed by atoms with E-state index in [0.717, 1.165) is 49.7 Å². The monoisotopic (exact) mass is 381 g/mol. The number of carbonyl (C=O) groups excluding carboxylic acids is 1. The molecule has 27 heavy (non-hydrogen) atoms. The number of rotatable bonds is 5. The standard InChI is InChI=1S/C22H24ClN3O/c23-21-5-2-1-4-20(21)10-11-22(27)26-13-3-12-25(14-15-26)17-19-8-6-18(16-24)7-9-19/h1-2,4-9H,3,10-15,17H2.